The summed E-state index contributed by atoms with van der Waals surface area (Å²) in [5, 5.41) is 4.80. The normalized spacial score (nSPS) is 12.4. The van der Waals surface area contributed by atoms with Gasteiger partial charge in [0.15, 0.2) is 17.5 Å². The summed E-state index contributed by atoms with van der Waals surface area (Å²) in [6.45, 7) is 27.0. The number of aromatic nitrogens is 5. The molecule has 11 rings (SSSR count). The second-order valence-electron chi connectivity index (χ2n) is 25.0. The maximum atomic E-state index is 5.17. The molecule has 0 fully saturated rings. The first-order valence-electron chi connectivity index (χ1n) is 27.4. The molecule has 0 spiro atoms. The van der Waals surface area contributed by atoms with Crippen molar-refractivity contribution in [3.63, 3.8) is 0 Å². The molecular formula is C73H69N5. The molecule has 0 N–H and O–H groups in total. The van der Waals surface area contributed by atoms with E-state index in [1.165, 1.54) is 60.5 Å². The number of hydrogen-bond donors (Lipinski definition) is 0. The van der Waals surface area contributed by atoms with Crippen molar-refractivity contribution in [1.29, 1.82) is 0 Å². The van der Waals surface area contributed by atoms with Crippen LogP contribution < -0.4 is 0 Å². The van der Waals surface area contributed by atoms with Crippen LogP contribution in [0, 0.1) is 0 Å². The van der Waals surface area contributed by atoms with Crippen molar-refractivity contribution in [2.45, 2.75) is 105 Å². The first kappa shape index (κ1) is 51.7. The van der Waals surface area contributed by atoms with Gasteiger partial charge in [0.05, 0.1) is 11.4 Å². The minimum Gasteiger partial charge on any atom is -0.254 e. The first-order valence-corrected chi connectivity index (χ1v) is 27.4. The summed E-state index contributed by atoms with van der Waals surface area (Å²) in [6.07, 6.45) is 3.98. The van der Waals surface area contributed by atoms with Crippen LogP contribution in [-0.2, 0) is 21.7 Å². The van der Waals surface area contributed by atoms with Gasteiger partial charge in [0, 0.05) is 34.6 Å². The molecule has 78 heavy (non-hydrogen) atoms. The lowest BCUT2D eigenvalue weighted by molar-refractivity contribution is 0.587. The van der Waals surface area contributed by atoms with E-state index in [-0.39, 0.29) is 21.7 Å². The average molecular weight is 1020 g/mol. The van der Waals surface area contributed by atoms with Gasteiger partial charge >= 0.3 is 0 Å². The lowest BCUT2D eigenvalue weighted by atomic mass is 9.79. The van der Waals surface area contributed by atoms with Crippen LogP contribution in [-0.4, -0.2) is 24.9 Å². The largest absolute Gasteiger partial charge is 0.254 e. The van der Waals surface area contributed by atoms with Crippen LogP contribution in [0.3, 0.4) is 0 Å². The van der Waals surface area contributed by atoms with E-state index in [0.29, 0.717) is 17.5 Å². The molecule has 3 aromatic heterocycles. The molecule has 0 saturated heterocycles. The molecule has 5 nitrogen and oxygen atoms in total. The van der Waals surface area contributed by atoms with Gasteiger partial charge < -0.3 is 0 Å². The Morgan fingerprint density at radius 3 is 1.01 bits per heavy atom. The minimum absolute atomic E-state index is 0.0273. The van der Waals surface area contributed by atoms with E-state index in [9.17, 15) is 0 Å². The molecule has 0 radical (unpaired) electrons. The minimum atomic E-state index is -0.0830. The molecule has 0 atom stereocenters. The van der Waals surface area contributed by atoms with Crippen molar-refractivity contribution in [2.24, 2.45) is 0 Å². The van der Waals surface area contributed by atoms with Crippen molar-refractivity contribution in [3.8, 4) is 90.1 Å². The Hall–Kier alpha value is -8.41. The molecular weight excluding hydrogens is 947 g/mol. The van der Waals surface area contributed by atoms with E-state index < -0.39 is 0 Å². The van der Waals surface area contributed by atoms with Crippen LogP contribution in [0.1, 0.15) is 105 Å². The number of fused-ring (bicyclic) bond motifs is 2. The van der Waals surface area contributed by atoms with E-state index in [4.69, 9.17) is 24.9 Å². The third kappa shape index (κ3) is 10.2. The van der Waals surface area contributed by atoms with Gasteiger partial charge in [-0.15, -0.1) is 0 Å². The molecule has 0 unspecified atom stereocenters. The second-order valence-corrected chi connectivity index (χ2v) is 25.0. The lowest BCUT2D eigenvalue weighted by Crippen LogP contribution is -2.11. The zero-order valence-corrected chi connectivity index (χ0v) is 47.3. The van der Waals surface area contributed by atoms with E-state index in [0.717, 1.165) is 55.9 Å². The summed E-state index contributed by atoms with van der Waals surface area (Å²) in [6, 6.07) is 68.4. The second kappa shape index (κ2) is 19.9. The highest BCUT2D eigenvalue weighted by Crippen LogP contribution is 2.49. The van der Waals surface area contributed by atoms with Crippen molar-refractivity contribution in [3.05, 3.63) is 223 Å². The highest BCUT2D eigenvalue weighted by molar-refractivity contribution is 6.23. The number of pyridine rings is 2. The van der Waals surface area contributed by atoms with E-state index >= 15 is 0 Å². The molecule has 0 saturated carbocycles. The Balaban J connectivity index is 1.03. The molecule has 5 heteroatoms. The number of benzene rings is 8. The van der Waals surface area contributed by atoms with Gasteiger partial charge in [0.2, 0.25) is 0 Å². The fourth-order valence-corrected chi connectivity index (χ4v) is 10.6. The van der Waals surface area contributed by atoms with Gasteiger partial charge in [-0.3, -0.25) is 9.97 Å². The van der Waals surface area contributed by atoms with Crippen LogP contribution in [0.15, 0.2) is 200 Å². The van der Waals surface area contributed by atoms with Gasteiger partial charge in [0.25, 0.3) is 0 Å². The van der Waals surface area contributed by atoms with E-state index in [2.05, 4.69) is 271 Å². The Labute approximate surface area is 461 Å². The Bertz CT molecular complexity index is 3920. The molecule has 11 aromatic rings. The third-order valence-electron chi connectivity index (χ3n) is 15.4. The Morgan fingerprint density at radius 1 is 0.256 bits per heavy atom. The monoisotopic (exact) mass is 1020 g/mol. The standard InChI is InChI=1S/C73H69N5/c1-70(2,3)51-34-29-48(30-35-51)68-76-67(77-69(78-68)49-31-36-52(37-32-49)71(4,5)6)47-27-25-46(26-28-47)55-19-13-15-21-57(55)66-60-24-18-17-23-59(60)65(61-40-38-53(43-62(61)66)72(7,8)9)58-22-16-14-20-56(58)50-33-41-63(74-44-50)64-42-39-54(45-75-64)73(10,11)12/h13-45H,1-12H3. The van der Waals surface area contributed by atoms with Gasteiger partial charge in [-0.05, 0) is 123 Å². The van der Waals surface area contributed by atoms with Crippen molar-refractivity contribution in [1.82, 2.24) is 24.9 Å². The SMILES string of the molecule is CC(C)(C)c1ccc(-c2nc(-c3ccc(-c4ccccc4-c4c5ccccc5c(-c5ccccc5-c5ccc(-c6ccc(C(C)(C)C)cn6)nc5)c5ccc(C(C)(C)C)cc45)cc3)nc(-c3ccc(C(C)(C)C)cc3)n2)cc1. The zero-order valence-electron chi connectivity index (χ0n) is 47.3. The molecule has 386 valence electrons. The lowest BCUT2D eigenvalue weighted by Gasteiger charge is -2.24. The maximum Gasteiger partial charge on any atom is 0.164 e. The first-order chi connectivity index (χ1) is 37.2. The highest BCUT2D eigenvalue weighted by Gasteiger charge is 2.25. The summed E-state index contributed by atoms with van der Waals surface area (Å²) < 4.78 is 0. The molecule has 0 aliphatic heterocycles. The summed E-state index contributed by atoms with van der Waals surface area (Å²) in [5.74, 6) is 1.93. The summed E-state index contributed by atoms with van der Waals surface area (Å²) in [4.78, 5) is 25.3. The molecule has 0 amide bonds. The van der Waals surface area contributed by atoms with Gasteiger partial charge in [-0.25, -0.2) is 15.0 Å². The fourth-order valence-electron chi connectivity index (χ4n) is 10.6. The van der Waals surface area contributed by atoms with Crippen molar-refractivity contribution < 1.29 is 0 Å². The fraction of sp³-hybridized carbons (Fsp3) is 0.219. The Morgan fingerprint density at radius 2 is 0.590 bits per heavy atom. The zero-order chi connectivity index (χ0) is 54.7. The van der Waals surface area contributed by atoms with Gasteiger partial charge in [-0.1, -0.05) is 253 Å². The Kier molecular flexibility index (Phi) is 13.2. The molecule has 0 aliphatic rings. The van der Waals surface area contributed by atoms with Crippen LogP contribution in [0.2, 0.25) is 0 Å². The van der Waals surface area contributed by atoms with Crippen molar-refractivity contribution >= 4 is 21.5 Å². The average Bonchev–Trinajstić information content (AvgIpc) is 3.53. The molecule has 0 bridgehead atoms. The van der Waals surface area contributed by atoms with Crippen LogP contribution in [0.4, 0.5) is 0 Å². The summed E-state index contributed by atoms with van der Waals surface area (Å²) in [5.41, 5.74) is 18.7. The number of nitrogens with zero attached hydrogens (tertiary/aromatic N) is 5. The predicted molar refractivity (Wildman–Crippen MR) is 329 cm³/mol. The van der Waals surface area contributed by atoms with E-state index in [1.807, 2.05) is 12.4 Å². The topological polar surface area (TPSA) is 64.5 Å². The van der Waals surface area contributed by atoms with E-state index in [1.54, 1.807) is 0 Å². The van der Waals surface area contributed by atoms with Crippen LogP contribution in [0.5, 0.6) is 0 Å². The quantitative estimate of drug-likeness (QED) is 0.142. The molecule has 0 aliphatic carbocycles. The van der Waals surface area contributed by atoms with Crippen molar-refractivity contribution in [2.75, 3.05) is 0 Å². The highest BCUT2D eigenvalue weighted by atomic mass is 15.0. The summed E-state index contributed by atoms with van der Waals surface area (Å²) >= 11 is 0. The number of hydrogen-bond acceptors (Lipinski definition) is 5. The third-order valence-corrected chi connectivity index (χ3v) is 15.4. The summed E-state index contributed by atoms with van der Waals surface area (Å²) in [7, 11) is 0. The number of rotatable bonds is 8. The van der Waals surface area contributed by atoms with Gasteiger partial charge in [-0.2, -0.15) is 0 Å². The van der Waals surface area contributed by atoms with Crippen LogP contribution in [0.25, 0.3) is 112 Å². The predicted octanol–water partition coefficient (Wildman–Crippen LogP) is 19.5. The maximum absolute atomic E-state index is 5.17. The smallest absolute Gasteiger partial charge is 0.164 e. The van der Waals surface area contributed by atoms with Gasteiger partial charge in [0.1, 0.15) is 0 Å². The van der Waals surface area contributed by atoms with Crippen LogP contribution >= 0.6 is 0 Å². The molecule has 8 aromatic carbocycles. The molecule has 3 heterocycles.